The zero-order valence-corrected chi connectivity index (χ0v) is 8.58. The lowest BCUT2D eigenvalue weighted by Gasteiger charge is -1.99. The third-order valence-electron chi connectivity index (χ3n) is 1.78. The Kier molecular flexibility index (Phi) is 3.46. The molecular weight excluding hydrogens is 174 g/mol. The summed E-state index contributed by atoms with van der Waals surface area (Å²) in [4.78, 5) is 11.4. The van der Waals surface area contributed by atoms with E-state index in [1.54, 1.807) is 6.08 Å². The maximum atomic E-state index is 11.4. The number of hydrogen-bond donors (Lipinski definition) is 1. The Morgan fingerprint density at radius 3 is 2.71 bits per heavy atom. The maximum Gasteiger partial charge on any atom is 0.159 e. The highest BCUT2D eigenvalue weighted by molar-refractivity contribution is 5.92. The first kappa shape index (κ1) is 10.5. The van der Waals surface area contributed by atoms with E-state index in [9.17, 15) is 4.79 Å². The van der Waals surface area contributed by atoms with Crippen molar-refractivity contribution < 1.29 is 4.79 Å². The Bertz CT molecular complexity index is 362. The molecule has 1 rings (SSSR count). The zero-order chi connectivity index (χ0) is 10.6. The molecule has 0 saturated carbocycles. The second kappa shape index (κ2) is 4.61. The van der Waals surface area contributed by atoms with Crippen molar-refractivity contribution in [1.29, 1.82) is 0 Å². The quantitative estimate of drug-likeness (QED) is 0.586. The number of ketones is 1. The fraction of sp³-hybridized carbons (Fsp3) is 0.250. The van der Waals surface area contributed by atoms with E-state index in [2.05, 4.69) is 0 Å². The second-order valence-electron chi connectivity index (χ2n) is 3.61. The van der Waals surface area contributed by atoms with E-state index in [4.69, 9.17) is 5.73 Å². The van der Waals surface area contributed by atoms with Crippen molar-refractivity contribution in [1.82, 2.24) is 0 Å². The first-order valence-corrected chi connectivity index (χ1v) is 4.60. The summed E-state index contributed by atoms with van der Waals surface area (Å²) in [6.45, 7) is 3.83. The van der Waals surface area contributed by atoms with Crippen LogP contribution in [0.4, 0.5) is 5.69 Å². The molecule has 0 amide bonds. The minimum atomic E-state index is 0.121. The molecule has 14 heavy (non-hydrogen) atoms. The molecule has 0 bridgehead atoms. The normalized spacial score (nSPS) is 9.57. The average Bonchev–Trinajstić information content (AvgIpc) is 2.01. The SMILES string of the molecule is CC(C)=CC(=O)Cc1cccc(N)c1. The number of benzene rings is 1. The van der Waals surface area contributed by atoms with Crippen LogP contribution in [0.25, 0.3) is 0 Å². The maximum absolute atomic E-state index is 11.4. The van der Waals surface area contributed by atoms with Gasteiger partial charge in [0.2, 0.25) is 0 Å². The number of nitrogen functional groups attached to an aromatic ring is 1. The van der Waals surface area contributed by atoms with Crippen LogP contribution in [0.1, 0.15) is 19.4 Å². The summed E-state index contributed by atoms with van der Waals surface area (Å²) in [6.07, 6.45) is 2.08. The highest BCUT2D eigenvalue weighted by Gasteiger charge is 2.00. The molecule has 2 heteroatoms. The van der Waals surface area contributed by atoms with Crippen LogP contribution in [0.3, 0.4) is 0 Å². The van der Waals surface area contributed by atoms with Crippen molar-refractivity contribution in [2.24, 2.45) is 0 Å². The Balaban J connectivity index is 2.70. The average molecular weight is 189 g/mol. The Morgan fingerprint density at radius 1 is 1.43 bits per heavy atom. The van der Waals surface area contributed by atoms with Crippen LogP contribution >= 0.6 is 0 Å². The molecule has 0 atom stereocenters. The van der Waals surface area contributed by atoms with E-state index in [1.807, 2.05) is 38.1 Å². The van der Waals surface area contributed by atoms with Crippen molar-refractivity contribution in [2.45, 2.75) is 20.3 Å². The second-order valence-corrected chi connectivity index (χ2v) is 3.61. The Hall–Kier alpha value is -1.57. The number of nitrogens with two attached hydrogens (primary N) is 1. The topological polar surface area (TPSA) is 43.1 Å². The number of allylic oxidation sites excluding steroid dienone is 2. The van der Waals surface area contributed by atoms with Gasteiger partial charge in [0.25, 0.3) is 0 Å². The van der Waals surface area contributed by atoms with Crippen molar-refractivity contribution in [3.63, 3.8) is 0 Å². The highest BCUT2D eigenvalue weighted by atomic mass is 16.1. The van der Waals surface area contributed by atoms with Gasteiger partial charge in [-0.05, 0) is 37.6 Å². The van der Waals surface area contributed by atoms with Gasteiger partial charge in [0.15, 0.2) is 5.78 Å². The van der Waals surface area contributed by atoms with Gasteiger partial charge in [0, 0.05) is 12.1 Å². The van der Waals surface area contributed by atoms with Gasteiger partial charge in [-0.15, -0.1) is 0 Å². The van der Waals surface area contributed by atoms with Crippen LogP contribution < -0.4 is 5.73 Å². The lowest BCUT2D eigenvalue weighted by atomic mass is 10.1. The van der Waals surface area contributed by atoms with E-state index in [-0.39, 0.29) is 5.78 Å². The predicted octanol–water partition coefficient (Wildman–Crippen LogP) is 2.35. The van der Waals surface area contributed by atoms with Crippen LogP contribution in [0.15, 0.2) is 35.9 Å². The molecule has 0 aromatic heterocycles. The minimum absolute atomic E-state index is 0.121. The smallest absolute Gasteiger partial charge is 0.159 e. The molecule has 1 aromatic rings. The molecule has 2 N–H and O–H groups in total. The van der Waals surface area contributed by atoms with Gasteiger partial charge >= 0.3 is 0 Å². The van der Waals surface area contributed by atoms with E-state index < -0.39 is 0 Å². The van der Waals surface area contributed by atoms with Crippen LogP contribution in [0.5, 0.6) is 0 Å². The van der Waals surface area contributed by atoms with Crippen molar-refractivity contribution in [2.75, 3.05) is 5.73 Å². The first-order chi connectivity index (χ1) is 6.58. The first-order valence-electron chi connectivity index (χ1n) is 4.60. The van der Waals surface area contributed by atoms with Gasteiger partial charge in [0.1, 0.15) is 0 Å². The summed E-state index contributed by atoms with van der Waals surface area (Å²) < 4.78 is 0. The standard InChI is InChI=1S/C12H15NO/c1-9(2)6-12(14)8-10-4-3-5-11(13)7-10/h3-7H,8,13H2,1-2H3. The fourth-order valence-electron chi connectivity index (χ4n) is 1.28. The third kappa shape index (κ3) is 3.44. The number of carbonyl (C=O) groups is 1. The summed E-state index contributed by atoms with van der Waals surface area (Å²) in [6, 6.07) is 7.42. The largest absolute Gasteiger partial charge is 0.399 e. The Labute approximate surface area is 84.4 Å². The molecule has 0 aliphatic rings. The number of anilines is 1. The van der Waals surface area contributed by atoms with Gasteiger partial charge in [-0.2, -0.15) is 0 Å². The lowest BCUT2D eigenvalue weighted by Crippen LogP contribution is -1.99. The molecule has 0 unspecified atom stereocenters. The van der Waals surface area contributed by atoms with Crippen LogP contribution in [0.2, 0.25) is 0 Å². The summed E-state index contributed by atoms with van der Waals surface area (Å²) in [5.41, 5.74) is 8.30. The monoisotopic (exact) mass is 189 g/mol. The van der Waals surface area contributed by atoms with Crippen molar-refractivity contribution in [3.8, 4) is 0 Å². The van der Waals surface area contributed by atoms with Gasteiger partial charge in [-0.3, -0.25) is 4.79 Å². The molecule has 0 spiro atoms. The van der Waals surface area contributed by atoms with Crippen LogP contribution in [-0.4, -0.2) is 5.78 Å². The molecule has 2 nitrogen and oxygen atoms in total. The van der Waals surface area contributed by atoms with Gasteiger partial charge in [0.05, 0.1) is 0 Å². The molecule has 0 aliphatic heterocycles. The molecule has 0 aliphatic carbocycles. The molecule has 74 valence electrons. The zero-order valence-electron chi connectivity index (χ0n) is 8.58. The van der Waals surface area contributed by atoms with Crippen LogP contribution in [0, 0.1) is 0 Å². The van der Waals surface area contributed by atoms with Crippen LogP contribution in [-0.2, 0) is 11.2 Å². The molecule has 0 fully saturated rings. The van der Waals surface area contributed by atoms with E-state index >= 15 is 0 Å². The summed E-state index contributed by atoms with van der Waals surface area (Å²) >= 11 is 0. The van der Waals surface area contributed by atoms with E-state index in [0.29, 0.717) is 12.1 Å². The molecule has 1 aromatic carbocycles. The van der Waals surface area contributed by atoms with Gasteiger partial charge in [-0.1, -0.05) is 17.7 Å². The van der Waals surface area contributed by atoms with Gasteiger partial charge < -0.3 is 5.73 Å². The third-order valence-corrected chi connectivity index (χ3v) is 1.78. The van der Waals surface area contributed by atoms with E-state index in [0.717, 1.165) is 11.1 Å². The summed E-state index contributed by atoms with van der Waals surface area (Å²) in [5, 5.41) is 0. The summed E-state index contributed by atoms with van der Waals surface area (Å²) in [7, 11) is 0. The number of carbonyl (C=O) groups excluding carboxylic acids is 1. The van der Waals surface area contributed by atoms with Crippen molar-refractivity contribution in [3.05, 3.63) is 41.5 Å². The molecule has 0 radical (unpaired) electrons. The number of rotatable bonds is 3. The van der Waals surface area contributed by atoms with Gasteiger partial charge in [-0.25, -0.2) is 0 Å². The number of hydrogen-bond acceptors (Lipinski definition) is 2. The molecular formula is C12H15NO. The Morgan fingerprint density at radius 2 is 2.14 bits per heavy atom. The molecule has 0 heterocycles. The summed E-state index contributed by atoms with van der Waals surface area (Å²) in [5.74, 6) is 0.121. The highest BCUT2D eigenvalue weighted by Crippen LogP contribution is 2.08. The predicted molar refractivity (Wildman–Crippen MR) is 59.0 cm³/mol. The van der Waals surface area contributed by atoms with E-state index in [1.165, 1.54) is 0 Å². The van der Waals surface area contributed by atoms with Crippen molar-refractivity contribution >= 4 is 11.5 Å². The fourth-order valence-corrected chi connectivity index (χ4v) is 1.28. The minimum Gasteiger partial charge on any atom is -0.399 e. The lowest BCUT2D eigenvalue weighted by molar-refractivity contribution is -0.114. The molecule has 0 saturated heterocycles.